The lowest BCUT2D eigenvalue weighted by Gasteiger charge is -2.13. The highest BCUT2D eigenvalue weighted by atomic mass is 16.5. The van der Waals surface area contributed by atoms with E-state index in [-0.39, 0.29) is 12.5 Å². The highest BCUT2D eigenvalue weighted by Gasteiger charge is 2.24. The molecule has 0 radical (unpaired) electrons. The number of nitrogens with zero attached hydrogens (tertiary/aromatic N) is 1. The topological polar surface area (TPSA) is 80.7 Å². The summed E-state index contributed by atoms with van der Waals surface area (Å²) in [6.07, 6.45) is 2.71. The zero-order valence-electron chi connectivity index (χ0n) is 10.2. The van der Waals surface area contributed by atoms with Crippen molar-refractivity contribution in [2.24, 2.45) is 0 Å². The van der Waals surface area contributed by atoms with Crippen LogP contribution in [0.5, 0.6) is 5.88 Å². The summed E-state index contributed by atoms with van der Waals surface area (Å²) >= 11 is 0. The van der Waals surface area contributed by atoms with Gasteiger partial charge in [0.05, 0.1) is 13.7 Å². The molecule has 2 rings (SSSR count). The molecule has 0 spiro atoms. The van der Waals surface area contributed by atoms with Crippen molar-refractivity contribution < 1.29 is 19.4 Å². The van der Waals surface area contributed by atoms with E-state index >= 15 is 0 Å². The number of rotatable bonds is 4. The van der Waals surface area contributed by atoms with E-state index in [4.69, 9.17) is 14.6 Å². The van der Waals surface area contributed by atoms with E-state index in [0.717, 1.165) is 12.8 Å². The van der Waals surface area contributed by atoms with Gasteiger partial charge in [-0.2, -0.15) is 0 Å². The first kappa shape index (κ1) is 12.8. The molecular weight excluding hydrogens is 236 g/mol. The van der Waals surface area contributed by atoms with Crippen LogP contribution in [0.4, 0.5) is 5.69 Å². The van der Waals surface area contributed by atoms with Gasteiger partial charge in [0, 0.05) is 12.8 Å². The van der Waals surface area contributed by atoms with Gasteiger partial charge in [0.1, 0.15) is 11.8 Å². The normalized spacial score (nSPS) is 18.7. The van der Waals surface area contributed by atoms with Gasteiger partial charge in [0.25, 0.3) is 5.91 Å². The molecular formula is C12H16N2O4. The minimum Gasteiger partial charge on any atom is -0.480 e. The summed E-state index contributed by atoms with van der Waals surface area (Å²) < 4.78 is 10.4. The molecule has 1 aromatic rings. The Morgan fingerprint density at radius 3 is 3.17 bits per heavy atom. The summed E-state index contributed by atoms with van der Waals surface area (Å²) in [5, 5.41) is 11.8. The zero-order chi connectivity index (χ0) is 13.0. The summed E-state index contributed by atoms with van der Waals surface area (Å²) in [5.41, 5.74) is 1.06. The van der Waals surface area contributed by atoms with Gasteiger partial charge in [-0.3, -0.25) is 4.79 Å². The second-order valence-electron chi connectivity index (χ2n) is 4.05. The number of carbonyl (C=O) groups excluding carboxylic acids is 1. The Bertz CT molecular complexity index is 430. The molecule has 18 heavy (non-hydrogen) atoms. The first-order valence-corrected chi connectivity index (χ1v) is 5.81. The number of ether oxygens (including phenoxy) is 2. The third kappa shape index (κ3) is 2.77. The van der Waals surface area contributed by atoms with Crippen molar-refractivity contribution in [3.8, 4) is 5.88 Å². The highest BCUT2D eigenvalue weighted by molar-refractivity contribution is 5.95. The van der Waals surface area contributed by atoms with Gasteiger partial charge in [-0.25, -0.2) is 4.98 Å². The average Bonchev–Trinajstić information content (AvgIpc) is 2.92. The van der Waals surface area contributed by atoms with Crippen molar-refractivity contribution in [1.29, 1.82) is 0 Å². The fourth-order valence-corrected chi connectivity index (χ4v) is 1.83. The van der Waals surface area contributed by atoms with E-state index in [1.807, 2.05) is 0 Å². The molecule has 0 aliphatic carbocycles. The number of anilines is 1. The molecule has 1 aliphatic heterocycles. The Labute approximate surface area is 105 Å². The monoisotopic (exact) mass is 252 g/mol. The summed E-state index contributed by atoms with van der Waals surface area (Å²) in [7, 11) is 1.47. The Hall–Kier alpha value is -1.66. The van der Waals surface area contributed by atoms with Crippen LogP contribution in [0.1, 0.15) is 18.4 Å². The van der Waals surface area contributed by atoms with Crippen molar-refractivity contribution in [3.05, 3.63) is 17.8 Å². The molecule has 0 bridgehead atoms. The molecule has 6 heteroatoms. The maximum absolute atomic E-state index is 11.9. The summed E-state index contributed by atoms with van der Waals surface area (Å²) in [5.74, 6) is 0.112. The van der Waals surface area contributed by atoms with E-state index in [1.165, 1.54) is 13.3 Å². The number of hydrogen-bond acceptors (Lipinski definition) is 5. The van der Waals surface area contributed by atoms with Gasteiger partial charge >= 0.3 is 0 Å². The average molecular weight is 252 g/mol. The molecule has 1 aliphatic rings. The number of pyridine rings is 1. The van der Waals surface area contributed by atoms with Crippen molar-refractivity contribution in [2.45, 2.75) is 25.6 Å². The second-order valence-corrected chi connectivity index (χ2v) is 4.05. The molecule has 1 atom stereocenters. The third-order valence-electron chi connectivity index (χ3n) is 2.76. The molecule has 0 aromatic carbocycles. The fraction of sp³-hybridized carbons (Fsp3) is 0.500. The molecule has 1 saturated heterocycles. The number of amides is 1. The number of aromatic nitrogens is 1. The molecule has 6 nitrogen and oxygen atoms in total. The number of aliphatic hydroxyl groups excluding tert-OH is 1. The van der Waals surface area contributed by atoms with Crippen LogP contribution in [0, 0.1) is 0 Å². The predicted molar refractivity (Wildman–Crippen MR) is 64.3 cm³/mol. The van der Waals surface area contributed by atoms with E-state index < -0.39 is 6.10 Å². The first-order valence-electron chi connectivity index (χ1n) is 5.81. The quantitative estimate of drug-likeness (QED) is 0.824. The Balaban J connectivity index is 2.13. The minimum absolute atomic E-state index is 0.139. The lowest BCUT2D eigenvalue weighted by Crippen LogP contribution is -2.27. The molecule has 98 valence electrons. The number of methoxy groups -OCH3 is 1. The van der Waals surface area contributed by atoms with E-state index in [0.29, 0.717) is 23.7 Å². The summed E-state index contributed by atoms with van der Waals surface area (Å²) in [4.78, 5) is 15.9. The van der Waals surface area contributed by atoms with Gasteiger partial charge in [-0.15, -0.1) is 0 Å². The van der Waals surface area contributed by atoms with Gasteiger partial charge in [0.2, 0.25) is 5.88 Å². The van der Waals surface area contributed by atoms with Crippen LogP contribution < -0.4 is 10.1 Å². The van der Waals surface area contributed by atoms with Gasteiger partial charge in [0.15, 0.2) is 0 Å². The number of carbonyl (C=O) groups is 1. The van der Waals surface area contributed by atoms with Gasteiger partial charge in [-0.05, 0) is 24.5 Å². The van der Waals surface area contributed by atoms with E-state index in [1.54, 1.807) is 6.07 Å². The zero-order valence-corrected chi connectivity index (χ0v) is 10.2. The highest BCUT2D eigenvalue weighted by Crippen LogP contribution is 2.23. The lowest BCUT2D eigenvalue weighted by molar-refractivity contribution is -0.124. The van der Waals surface area contributed by atoms with E-state index in [2.05, 4.69) is 10.3 Å². The van der Waals surface area contributed by atoms with Crippen molar-refractivity contribution >= 4 is 11.6 Å². The van der Waals surface area contributed by atoms with Crippen LogP contribution >= 0.6 is 0 Å². The third-order valence-corrected chi connectivity index (χ3v) is 2.76. The van der Waals surface area contributed by atoms with E-state index in [9.17, 15) is 4.79 Å². The largest absolute Gasteiger partial charge is 0.480 e. The van der Waals surface area contributed by atoms with Gasteiger partial charge < -0.3 is 19.9 Å². The van der Waals surface area contributed by atoms with Gasteiger partial charge in [-0.1, -0.05) is 0 Å². The van der Waals surface area contributed by atoms with Crippen LogP contribution in [0.15, 0.2) is 12.3 Å². The molecule has 0 saturated carbocycles. The SMILES string of the molecule is COc1ncc(CO)cc1NC(=O)[C@H]1CCCO1. The Morgan fingerprint density at radius 1 is 1.72 bits per heavy atom. The standard InChI is InChI=1S/C12H16N2O4/c1-17-12-9(5-8(7-15)6-13-12)14-11(16)10-3-2-4-18-10/h5-6,10,15H,2-4,7H2,1H3,(H,14,16)/t10-/m1/s1. The molecule has 1 amide bonds. The predicted octanol–water partition coefficient (Wildman–Crippen LogP) is 0.700. The second kappa shape index (κ2) is 5.79. The van der Waals surface area contributed by atoms with Crippen molar-refractivity contribution in [2.75, 3.05) is 19.0 Å². The molecule has 1 fully saturated rings. The van der Waals surface area contributed by atoms with Crippen LogP contribution in [0.25, 0.3) is 0 Å². The van der Waals surface area contributed by atoms with Crippen LogP contribution in [-0.2, 0) is 16.1 Å². The first-order chi connectivity index (χ1) is 8.74. The summed E-state index contributed by atoms with van der Waals surface area (Å²) in [6, 6.07) is 1.64. The summed E-state index contributed by atoms with van der Waals surface area (Å²) in [6.45, 7) is 0.476. The maximum Gasteiger partial charge on any atom is 0.253 e. The maximum atomic E-state index is 11.9. The van der Waals surface area contributed by atoms with Crippen LogP contribution in [0.2, 0.25) is 0 Å². The number of hydrogen-bond donors (Lipinski definition) is 2. The number of nitrogens with one attached hydrogen (secondary N) is 1. The fourth-order valence-electron chi connectivity index (χ4n) is 1.83. The lowest BCUT2D eigenvalue weighted by atomic mass is 10.2. The molecule has 1 aromatic heterocycles. The van der Waals surface area contributed by atoms with Crippen LogP contribution in [0.3, 0.4) is 0 Å². The molecule has 0 unspecified atom stereocenters. The smallest absolute Gasteiger partial charge is 0.253 e. The van der Waals surface area contributed by atoms with Crippen LogP contribution in [-0.4, -0.2) is 35.8 Å². The Morgan fingerprint density at radius 2 is 2.56 bits per heavy atom. The molecule has 2 N–H and O–H groups in total. The van der Waals surface area contributed by atoms with Crippen molar-refractivity contribution in [1.82, 2.24) is 4.98 Å². The number of aliphatic hydroxyl groups is 1. The van der Waals surface area contributed by atoms with Crippen molar-refractivity contribution in [3.63, 3.8) is 0 Å². The molecule has 2 heterocycles. The Kier molecular flexibility index (Phi) is 4.11. The minimum atomic E-state index is -0.410.